The van der Waals surface area contributed by atoms with Gasteiger partial charge in [-0.05, 0) is 18.3 Å². The van der Waals surface area contributed by atoms with E-state index in [0.29, 0.717) is 12.5 Å². The zero-order valence-corrected chi connectivity index (χ0v) is 7.56. The first-order valence-corrected chi connectivity index (χ1v) is 4.55. The third-order valence-electron chi connectivity index (χ3n) is 1.77. The second-order valence-corrected chi connectivity index (χ2v) is 3.36. The third kappa shape index (κ3) is 2.29. The first-order chi connectivity index (χ1) is 4.74. The predicted molar refractivity (Wildman–Crippen MR) is 42.0 cm³/mol. The lowest BCUT2D eigenvalue weighted by molar-refractivity contribution is -0.141. The van der Waals surface area contributed by atoms with Crippen molar-refractivity contribution in [3.63, 3.8) is 0 Å². The maximum Gasteiger partial charge on any atom is 0.302 e. The van der Waals surface area contributed by atoms with Gasteiger partial charge < -0.3 is 4.74 Å². The highest BCUT2D eigenvalue weighted by atomic mass is 79.9. The zero-order valence-electron chi connectivity index (χ0n) is 5.97. The summed E-state index contributed by atoms with van der Waals surface area (Å²) in [6, 6.07) is 0. The summed E-state index contributed by atoms with van der Waals surface area (Å²) in [5.74, 6) is 1.21. The lowest BCUT2D eigenvalue weighted by Crippen LogP contribution is -2.03. The average molecular weight is 207 g/mol. The molecule has 0 heterocycles. The number of esters is 1. The minimum Gasteiger partial charge on any atom is -0.466 e. The van der Waals surface area contributed by atoms with Crippen molar-refractivity contribution in [3.8, 4) is 0 Å². The van der Waals surface area contributed by atoms with Crippen LogP contribution in [0.2, 0.25) is 0 Å². The number of hydrogen-bond donors (Lipinski definition) is 0. The Balaban J connectivity index is 2.01. The van der Waals surface area contributed by atoms with Crippen molar-refractivity contribution in [3.05, 3.63) is 0 Å². The number of carbonyl (C=O) groups excluding carboxylic acids is 1. The Kier molecular flexibility index (Phi) is 2.72. The van der Waals surface area contributed by atoms with Gasteiger partial charge in [0.25, 0.3) is 0 Å². The lowest BCUT2D eigenvalue weighted by atomic mass is 10.4. The molecule has 1 aliphatic rings. The molecule has 1 saturated carbocycles. The Morgan fingerprint density at radius 2 is 2.40 bits per heavy atom. The summed E-state index contributed by atoms with van der Waals surface area (Å²) in [5.41, 5.74) is 0. The molecule has 0 radical (unpaired) electrons. The van der Waals surface area contributed by atoms with Crippen LogP contribution in [-0.2, 0) is 9.53 Å². The fraction of sp³-hybridized carbons (Fsp3) is 0.857. The largest absolute Gasteiger partial charge is 0.466 e. The average Bonchev–Trinajstić information content (AvgIpc) is 2.61. The fourth-order valence-electron chi connectivity index (χ4n) is 0.928. The summed E-state index contributed by atoms with van der Waals surface area (Å²) in [4.78, 5) is 10.3. The van der Waals surface area contributed by atoms with Gasteiger partial charge in [0.2, 0.25) is 0 Å². The Labute approximate surface area is 69.1 Å². The van der Waals surface area contributed by atoms with Gasteiger partial charge in [0.15, 0.2) is 0 Å². The SMILES string of the molecule is CC(=O)OCC1CC1CBr. The monoisotopic (exact) mass is 206 g/mol. The number of hydrogen-bond acceptors (Lipinski definition) is 2. The summed E-state index contributed by atoms with van der Waals surface area (Å²) in [7, 11) is 0. The topological polar surface area (TPSA) is 26.3 Å². The molecule has 10 heavy (non-hydrogen) atoms. The van der Waals surface area contributed by atoms with Gasteiger partial charge in [0.05, 0.1) is 6.61 Å². The molecule has 1 fully saturated rings. The summed E-state index contributed by atoms with van der Waals surface area (Å²) >= 11 is 3.38. The predicted octanol–water partition coefficient (Wildman–Crippen LogP) is 1.58. The molecule has 1 rings (SSSR count). The van der Waals surface area contributed by atoms with Crippen LogP contribution in [0, 0.1) is 11.8 Å². The second-order valence-electron chi connectivity index (χ2n) is 2.71. The van der Waals surface area contributed by atoms with Gasteiger partial charge in [-0.15, -0.1) is 0 Å². The van der Waals surface area contributed by atoms with E-state index in [9.17, 15) is 4.79 Å². The summed E-state index contributed by atoms with van der Waals surface area (Å²) in [5, 5.41) is 1.04. The Hall–Kier alpha value is -0.0500. The van der Waals surface area contributed by atoms with Crippen LogP contribution in [0.5, 0.6) is 0 Å². The van der Waals surface area contributed by atoms with E-state index in [2.05, 4.69) is 15.9 Å². The quantitative estimate of drug-likeness (QED) is 0.518. The summed E-state index contributed by atoms with van der Waals surface area (Å²) in [6.07, 6.45) is 1.21. The summed E-state index contributed by atoms with van der Waals surface area (Å²) < 4.78 is 4.84. The molecule has 0 aromatic heterocycles. The van der Waals surface area contributed by atoms with Gasteiger partial charge in [0.1, 0.15) is 0 Å². The van der Waals surface area contributed by atoms with Gasteiger partial charge in [-0.3, -0.25) is 4.79 Å². The molecule has 0 saturated heterocycles. The first-order valence-electron chi connectivity index (χ1n) is 3.43. The van der Waals surface area contributed by atoms with Crippen LogP contribution in [0.4, 0.5) is 0 Å². The van der Waals surface area contributed by atoms with Crippen LogP contribution in [0.3, 0.4) is 0 Å². The van der Waals surface area contributed by atoms with Crippen LogP contribution in [-0.4, -0.2) is 17.9 Å². The van der Waals surface area contributed by atoms with Gasteiger partial charge in [-0.1, -0.05) is 15.9 Å². The van der Waals surface area contributed by atoms with E-state index >= 15 is 0 Å². The van der Waals surface area contributed by atoms with Crippen LogP contribution in [0.1, 0.15) is 13.3 Å². The molecule has 2 atom stereocenters. The maximum atomic E-state index is 10.3. The maximum absolute atomic E-state index is 10.3. The van der Waals surface area contributed by atoms with Crippen LogP contribution in [0.25, 0.3) is 0 Å². The van der Waals surface area contributed by atoms with Crippen molar-refractivity contribution in [1.82, 2.24) is 0 Å². The molecule has 3 heteroatoms. The Bertz CT molecular complexity index is 136. The standard InChI is InChI=1S/C7H11BrO2/c1-5(9)10-4-7-2-6(7)3-8/h6-7H,2-4H2,1H3. The molecule has 0 aliphatic heterocycles. The van der Waals surface area contributed by atoms with Gasteiger partial charge >= 0.3 is 5.97 Å². The molecule has 2 nitrogen and oxygen atoms in total. The third-order valence-corrected chi connectivity index (χ3v) is 2.60. The van der Waals surface area contributed by atoms with E-state index in [4.69, 9.17) is 4.74 Å². The van der Waals surface area contributed by atoms with E-state index in [1.807, 2.05) is 0 Å². The van der Waals surface area contributed by atoms with Crippen molar-refractivity contribution in [2.75, 3.05) is 11.9 Å². The highest BCUT2D eigenvalue weighted by Gasteiger charge is 2.36. The molecule has 58 valence electrons. The molecule has 0 spiro atoms. The summed E-state index contributed by atoms with van der Waals surface area (Å²) in [6.45, 7) is 2.07. The molecule has 0 aromatic carbocycles. The van der Waals surface area contributed by atoms with E-state index in [1.165, 1.54) is 13.3 Å². The Morgan fingerprint density at radius 1 is 1.70 bits per heavy atom. The highest BCUT2D eigenvalue weighted by molar-refractivity contribution is 9.09. The molecule has 0 amide bonds. The molecule has 0 bridgehead atoms. The second kappa shape index (κ2) is 3.37. The van der Waals surface area contributed by atoms with Crippen LogP contribution >= 0.6 is 15.9 Å². The van der Waals surface area contributed by atoms with Crippen LogP contribution < -0.4 is 0 Å². The van der Waals surface area contributed by atoms with Crippen molar-refractivity contribution in [2.24, 2.45) is 11.8 Å². The number of rotatable bonds is 3. The number of carbonyl (C=O) groups is 1. The van der Waals surface area contributed by atoms with Crippen molar-refractivity contribution in [2.45, 2.75) is 13.3 Å². The molecule has 1 aliphatic carbocycles. The smallest absolute Gasteiger partial charge is 0.302 e. The van der Waals surface area contributed by atoms with Crippen molar-refractivity contribution >= 4 is 21.9 Å². The van der Waals surface area contributed by atoms with E-state index in [-0.39, 0.29) is 5.97 Å². The molecule has 2 unspecified atom stereocenters. The molecule has 0 aromatic rings. The minimum atomic E-state index is -0.166. The zero-order chi connectivity index (χ0) is 7.56. The molecule has 0 N–H and O–H groups in total. The fourth-order valence-corrected chi connectivity index (χ4v) is 1.72. The van der Waals surface area contributed by atoms with Crippen molar-refractivity contribution in [1.29, 1.82) is 0 Å². The van der Waals surface area contributed by atoms with Crippen molar-refractivity contribution < 1.29 is 9.53 Å². The lowest BCUT2D eigenvalue weighted by Gasteiger charge is -1.97. The van der Waals surface area contributed by atoms with E-state index < -0.39 is 0 Å². The highest BCUT2D eigenvalue weighted by Crippen LogP contribution is 2.39. The van der Waals surface area contributed by atoms with E-state index in [1.54, 1.807) is 0 Å². The minimum absolute atomic E-state index is 0.166. The molecular weight excluding hydrogens is 196 g/mol. The van der Waals surface area contributed by atoms with Crippen LogP contribution in [0.15, 0.2) is 0 Å². The van der Waals surface area contributed by atoms with E-state index in [0.717, 1.165) is 11.2 Å². The van der Waals surface area contributed by atoms with Gasteiger partial charge in [-0.2, -0.15) is 0 Å². The van der Waals surface area contributed by atoms with Gasteiger partial charge in [0, 0.05) is 12.3 Å². The number of ether oxygens (including phenoxy) is 1. The van der Waals surface area contributed by atoms with Gasteiger partial charge in [-0.25, -0.2) is 0 Å². The first kappa shape index (κ1) is 8.05. The Morgan fingerprint density at radius 3 is 2.80 bits per heavy atom. The number of alkyl halides is 1. The molecular formula is C7H11BrO2. The normalized spacial score (nSPS) is 29.8. The number of halogens is 1.